The zero-order valence-corrected chi connectivity index (χ0v) is 11.1. The van der Waals surface area contributed by atoms with Gasteiger partial charge in [-0.3, -0.25) is 0 Å². The maximum Gasteiger partial charge on any atom is 0.0589 e. The Morgan fingerprint density at radius 2 is 1.87 bits per heavy atom. The van der Waals surface area contributed by atoms with Gasteiger partial charge in [0.05, 0.1) is 6.61 Å². The lowest BCUT2D eigenvalue weighted by Crippen LogP contribution is -2.23. The lowest BCUT2D eigenvalue weighted by atomic mass is 9.99. The van der Waals surface area contributed by atoms with Crippen molar-refractivity contribution in [3.05, 3.63) is 0 Å². The van der Waals surface area contributed by atoms with Gasteiger partial charge in [0.15, 0.2) is 0 Å². The van der Waals surface area contributed by atoms with Gasteiger partial charge >= 0.3 is 0 Å². The van der Waals surface area contributed by atoms with Crippen molar-refractivity contribution in [2.75, 3.05) is 33.9 Å². The van der Waals surface area contributed by atoms with E-state index in [2.05, 4.69) is 25.8 Å². The lowest BCUT2D eigenvalue weighted by Gasteiger charge is -2.16. The van der Waals surface area contributed by atoms with Crippen molar-refractivity contribution in [2.45, 2.75) is 46.0 Å². The van der Waals surface area contributed by atoms with Crippen molar-refractivity contribution >= 4 is 0 Å². The van der Waals surface area contributed by atoms with Crippen LogP contribution in [0.2, 0.25) is 0 Å². The van der Waals surface area contributed by atoms with Gasteiger partial charge in [0.1, 0.15) is 0 Å². The molecule has 0 amide bonds. The van der Waals surface area contributed by atoms with Crippen LogP contribution in [0.25, 0.3) is 0 Å². The summed E-state index contributed by atoms with van der Waals surface area (Å²) in [5.41, 5.74) is 0. The molecule has 0 aromatic heterocycles. The highest BCUT2D eigenvalue weighted by molar-refractivity contribution is 4.55. The van der Waals surface area contributed by atoms with Crippen LogP contribution in [0, 0.1) is 5.92 Å². The summed E-state index contributed by atoms with van der Waals surface area (Å²) < 4.78 is 5.05. The third kappa shape index (κ3) is 10.2. The highest BCUT2D eigenvalue weighted by Gasteiger charge is 2.01. The van der Waals surface area contributed by atoms with Crippen LogP contribution in [0.15, 0.2) is 0 Å². The Morgan fingerprint density at radius 3 is 2.47 bits per heavy atom. The summed E-state index contributed by atoms with van der Waals surface area (Å²) in [6.45, 7) is 7.76. The zero-order chi connectivity index (χ0) is 11.5. The van der Waals surface area contributed by atoms with Gasteiger partial charge in [0, 0.05) is 13.7 Å². The van der Waals surface area contributed by atoms with Gasteiger partial charge in [-0.25, -0.2) is 0 Å². The molecule has 0 radical (unpaired) electrons. The zero-order valence-electron chi connectivity index (χ0n) is 11.1. The largest absolute Gasteiger partial charge is 0.383 e. The minimum atomic E-state index is 0.850. The van der Waals surface area contributed by atoms with Crippen LogP contribution < -0.4 is 0 Å². The lowest BCUT2D eigenvalue weighted by molar-refractivity contribution is 0.160. The third-order valence-corrected chi connectivity index (χ3v) is 2.95. The number of hydrogen-bond acceptors (Lipinski definition) is 2. The van der Waals surface area contributed by atoms with Crippen molar-refractivity contribution in [1.82, 2.24) is 4.90 Å². The topological polar surface area (TPSA) is 12.5 Å². The van der Waals surface area contributed by atoms with E-state index in [1.54, 1.807) is 7.11 Å². The SMILES string of the molecule is CCCC(C)CCCCN(C)CCOC. The molecular formula is C13H29NO. The number of methoxy groups -OCH3 is 1. The molecule has 0 saturated carbocycles. The van der Waals surface area contributed by atoms with Crippen molar-refractivity contribution in [1.29, 1.82) is 0 Å². The van der Waals surface area contributed by atoms with E-state index >= 15 is 0 Å². The monoisotopic (exact) mass is 215 g/mol. The molecule has 2 nitrogen and oxygen atoms in total. The average Bonchev–Trinajstić information content (AvgIpc) is 2.22. The number of likely N-dealkylation sites (N-methyl/N-ethyl adjacent to an activating group) is 1. The molecular weight excluding hydrogens is 186 g/mol. The van der Waals surface area contributed by atoms with E-state index in [-0.39, 0.29) is 0 Å². The molecule has 0 fully saturated rings. The van der Waals surface area contributed by atoms with Gasteiger partial charge in [-0.05, 0) is 25.9 Å². The van der Waals surface area contributed by atoms with Crippen molar-refractivity contribution in [2.24, 2.45) is 5.92 Å². The molecule has 0 aliphatic carbocycles. The van der Waals surface area contributed by atoms with Crippen LogP contribution in [-0.2, 0) is 4.74 Å². The predicted molar refractivity (Wildman–Crippen MR) is 67.3 cm³/mol. The smallest absolute Gasteiger partial charge is 0.0589 e. The Balaban J connectivity index is 3.22. The van der Waals surface area contributed by atoms with Gasteiger partial charge in [0.2, 0.25) is 0 Å². The summed E-state index contributed by atoms with van der Waals surface area (Å²) in [7, 11) is 3.94. The van der Waals surface area contributed by atoms with Crippen LogP contribution in [0.3, 0.4) is 0 Å². The van der Waals surface area contributed by atoms with Crippen molar-refractivity contribution < 1.29 is 4.74 Å². The first-order chi connectivity index (χ1) is 7.20. The van der Waals surface area contributed by atoms with E-state index in [1.165, 1.54) is 38.6 Å². The van der Waals surface area contributed by atoms with Crippen molar-refractivity contribution in [3.63, 3.8) is 0 Å². The molecule has 2 heteroatoms. The molecule has 15 heavy (non-hydrogen) atoms. The van der Waals surface area contributed by atoms with Gasteiger partial charge in [-0.2, -0.15) is 0 Å². The van der Waals surface area contributed by atoms with E-state index < -0.39 is 0 Å². The van der Waals surface area contributed by atoms with E-state index in [1.807, 2.05) is 0 Å². The summed E-state index contributed by atoms with van der Waals surface area (Å²) in [5, 5.41) is 0. The molecule has 0 aliphatic heterocycles. The molecule has 92 valence electrons. The Kier molecular flexibility index (Phi) is 10.4. The second-order valence-electron chi connectivity index (χ2n) is 4.69. The van der Waals surface area contributed by atoms with Crippen LogP contribution in [0.4, 0.5) is 0 Å². The Morgan fingerprint density at radius 1 is 1.13 bits per heavy atom. The molecule has 0 rings (SSSR count). The fourth-order valence-electron chi connectivity index (χ4n) is 1.87. The maximum atomic E-state index is 5.05. The van der Waals surface area contributed by atoms with Crippen LogP contribution in [-0.4, -0.2) is 38.8 Å². The van der Waals surface area contributed by atoms with Gasteiger partial charge < -0.3 is 9.64 Å². The second-order valence-corrected chi connectivity index (χ2v) is 4.69. The second kappa shape index (κ2) is 10.4. The molecule has 0 aliphatic rings. The summed E-state index contributed by atoms with van der Waals surface area (Å²) >= 11 is 0. The maximum absolute atomic E-state index is 5.05. The van der Waals surface area contributed by atoms with E-state index in [0.717, 1.165) is 19.1 Å². The highest BCUT2D eigenvalue weighted by Crippen LogP contribution is 2.13. The number of ether oxygens (including phenoxy) is 1. The molecule has 0 saturated heterocycles. The van der Waals surface area contributed by atoms with E-state index in [4.69, 9.17) is 4.74 Å². The molecule has 1 unspecified atom stereocenters. The normalized spacial score (nSPS) is 13.4. The number of hydrogen-bond donors (Lipinski definition) is 0. The number of nitrogens with zero attached hydrogens (tertiary/aromatic N) is 1. The number of rotatable bonds is 10. The number of unbranched alkanes of at least 4 members (excludes halogenated alkanes) is 1. The summed E-state index contributed by atoms with van der Waals surface area (Å²) in [5.74, 6) is 0.916. The Labute approximate surface area is 96.0 Å². The minimum Gasteiger partial charge on any atom is -0.383 e. The molecule has 0 heterocycles. The summed E-state index contributed by atoms with van der Waals surface area (Å²) in [4.78, 5) is 2.36. The van der Waals surface area contributed by atoms with Gasteiger partial charge in [-0.1, -0.05) is 39.5 Å². The molecule has 0 bridgehead atoms. The van der Waals surface area contributed by atoms with E-state index in [9.17, 15) is 0 Å². The summed E-state index contributed by atoms with van der Waals surface area (Å²) in [6, 6.07) is 0. The molecule has 1 atom stereocenters. The first-order valence-corrected chi connectivity index (χ1v) is 6.38. The van der Waals surface area contributed by atoms with Crippen LogP contribution in [0.1, 0.15) is 46.0 Å². The van der Waals surface area contributed by atoms with Crippen LogP contribution in [0.5, 0.6) is 0 Å². The van der Waals surface area contributed by atoms with Crippen LogP contribution >= 0.6 is 0 Å². The molecule has 0 spiro atoms. The van der Waals surface area contributed by atoms with Gasteiger partial charge in [0.25, 0.3) is 0 Å². The first kappa shape index (κ1) is 14.9. The summed E-state index contributed by atoms with van der Waals surface area (Å²) in [6.07, 6.45) is 6.81. The van der Waals surface area contributed by atoms with E-state index in [0.29, 0.717) is 0 Å². The quantitative estimate of drug-likeness (QED) is 0.519. The Bertz CT molecular complexity index is 128. The first-order valence-electron chi connectivity index (χ1n) is 6.38. The predicted octanol–water partition coefficient (Wildman–Crippen LogP) is 3.17. The Hall–Kier alpha value is -0.0800. The molecule has 0 aromatic rings. The third-order valence-electron chi connectivity index (χ3n) is 2.95. The average molecular weight is 215 g/mol. The molecule has 0 aromatic carbocycles. The highest BCUT2D eigenvalue weighted by atomic mass is 16.5. The molecule has 0 N–H and O–H groups in total. The van der Waals surface area contributed by atoms with Gasteiger partial charge in [-0.15, -0.1) is 0 Å². The minimum absolute atomic E-state index is 0.850. The fraction of sp³-hybridized carbons (Fsp3) is 1.00. The fourth-order valence-corrected chi connectivity index (χ4v) is 1.87. The standard InChI is InChI=1S/C13H29NO/c1-5-8-13(2)9-6-7-10-14(3)11-12-15-4/h13H,5-12H2,1-4H3. The van der Waals surface area contributed by atoms with Crippen molar-refractivity contribution in [3.8, 4) is 0 Å².